The van der Waals surface area contributed by atoms with Crippen LogP contribution in [0.2, 0.25) is 0 Å². The Morgan fingerprint density at radius 2 is 2.05 bits per heavy atom. The highest BCUT2D eigenvalue weighted by molar-refractivity contribution is 5.18. The van der Waals surface area contributed by atoms with E-state index in [1.165, 1.54) is 11.3 Å². The van der Waals surface area contributed by atoms with Crippen molar-refractivity contribution in [2.75, 3.05) is 7.05 Å². The van der Waals surface area contributed by atoms with Crippen LogP contribution >= 0.6 is 0 Å². The monoisotopic (exact) mass is 275 g/mol. The van der Waals surface area contributed by atoms with Crippen LogP contribution in [0.5, 0.6) is 0 Å². The first-order chi connectivity index (χ1) is 9.71. The van der Waals surface area contributed by atoms with E-state index in [0.29, 0.717) is 0 Å². The van der Waals surface area contributed by atoms with Crippen LogP contribution < -0.4 is 5.32 Å². The third-order valence-electron chi connectivity index (χ3n) is 3.68. The molecule has 5 nitrogen and oxygen atoms in total. The van der Waals surface area contributed by atoms with Gasteiger partial charge >= 0.3 is 0 Å². The number of rotatable bonds is 7. The number of nitrogens with one attached hydrogen (secondary N) is 1. The lowest BCUT2D eigenvalue weighted by atomic mass is 10.1. The fourth-order valence-corrected chi connectivity index (χ4v) is 2.47. The molecule has 0 aromatic carbocycles. The molecular weight excluding hydrogens is 250 g/mol. The molecular formula is C15H25N5. The van der Waals surface area contributed by atoms with Gasteiger partial charge in [-0.25, -0.2) is 0 Å². The Hall–Kier alpha value is -1.62. The molecule has 0 spiro atoms. The van der Waals surface area contributed by atoms with E-state index in [0.717, 1.165) is 31.6 Å². The summed E-state index contributed by atoms with van der Waals surface area (Å²) in [4.78, 5) is 0. The van der Waals surface area contributed by atoms with Crippen LogP contribution in [0.1, 0.15) is 43.8 Å². The van der Waals surface area contributed by atoms with E-state index >= 15 is 0 Å². The lowest BCUT2D eigenvalue weighted by Gasteiger charge is -2.16. The van der Waals surface area contributed by atoms with Gasteiger partial charge in [-0.15, -0.1) is 0 Å². The van der Waals surface area contributed by atoms with Crippen molar-refractivity contribution in [2.45, 2.75) is 52.7 Å². The van der Waals surface area contributed by atoms with Crippen LogP contribution in [0.4, 0.5) is 0 Å². The smallest absolute Gasteiger partial charge is 0.0625 e. The number of hydrogen-bond donors (Lipinski definition) is 1. The molecule has 0 bridgehead atoms. The Kier molecular flexibility index (Phi) is 4.95. The molecule has 0 amide bonds. The molecule has 0 saturated carbocycles. The predicted molar refractivity (Wildman–Crippen MR) is 80.7 cm³/mol. The van der Waals surface area contributed by atoms with Gasteiger partial charge in [0, 0.05) is 19.3 Å². The summed E-state index contributed by atoms with van der Waals surface area (Å²) in [7, 11) is 2.01. The number of nitrogens with zero attached hydrogens (tertiary/aromatic N) is 4. The maximum atomic E-state index is 4.63. The molecule has 1 unspecified atom stereocenters. The summed E-state index contributed by atoms with van der Waals surface area (Å²) in [6.45, 7) is 8.20. The molecule has 2 aromatic rings. The highest BCUT2D eigenvalue weighted by atomic mass is 15.3. The minimum Gasteiger partial charge on any atom is -0.311 e. The average molecular weight is 275 g/mol. The molecule has 2 rings (SSSR count). The van der Waals surface area contributed by atoms with Crippen molar-refractivity contribution in [1.82, 2.24) is 24.9 Å². The lowest BCUT2D eigenvalue weighted by molar-refractivity contribution is 0.512. The lowest BCUT2D eigenvalue weighted by Crippen LogP contribution is -2.22. The summed E-state index contributed by atoms with van der Waals surface area (Å²) in [6, 6.07) is 2.49. The SMILES string of the molecule is CCc1cc(C(Cc2cnn(CC)c2)NC)n(CC)n1. The Morgan fingerprint density at radius 1 is 1.25 bits per heavy atom. The predicted octanol–water partition coefficient (Wildman–Crippen LogP) is 2.18. The highest BCUT2D eigenvalue weighted by Crippen LogP contribution is 2.19. The molecule has 0 radical (unpaired) electrons. The summed E-state index contributed by atoms with van der Waals surface area (Å²) >= 11 is 0. The standard InChI is InChI=1S/C15H25N5/c1-5-13-9-15(20(7-3)18-13)14(16-4)8-12-10-17-19(6-2)11-12/h9-11,14,16H,5-8H2,1-4H3. The molecule has 1 atom stereocenters. The van der Waals surface area contributed by atoms with Gasteiger partial charge in [0.2, 0.25) is 0 Å². The van der Waals surface area contributed by atoms with E-state index in [1.807, 2.05) is 17.9 Å². The second kappa shape index (κ2) is 6.70. The molecule has 0 aliphatic rings. The Balaban J connectivity index is 2.20. The van der Waals surface area contributed by atoms with Crippen LogP contribution in [-0.4, -0.2) is 26.6 Å². The van der Waals surface area contributed by atoms with Crippen molar-refractivity contribution < 1.29 is 0 Å². The third kappa shape index (κ3) is 3.10. The van der Waals surface area contributed by atoms with E-state index in [1.54, 1.807) is 0 Å². The van der Waals surface area contributed by atoms with Gasteiger partial charge in [0.1, 0.15) is 0 Å². The Labute approximate surface area is 121 Å². The highest BCUT2D eigenvalue weighted by Gasteiger charge is 2.17. The van der Waals surface area contributed by atoms with Crippen molar-refractivity contribution in [2.24, 2.45) is 0 Å². The molecule has 5 heteroatoms. The summed E-state index contributed by atoms with van der Waals surface area (Å²) in [5.74, 6) is 0. The van der Waals surface area contributed by atoms with Gasteiger partial charge in [0.05, 0.1) is 23.6 Å². The van der Waals surface area contributed by atoms with Gasteiger partial charge in [-0.1, -0.05) is 6.92 Å². The van der Waals surface area contributed by atoms with Gasteiger partial charge in [0.25, 0.3) is 0 Å². The second-order valence-corrected chi connectivity index (χ2v) is 4.98. The first-order valence-corrected chi connectivity index (χ1v) is 7.46. The van der Waals surface area contributed by atoms with Crippen LogP contribution in [0.15, 0.2) is 18.5 Å². The topological polar surface area (TPSA) is 47.7 Å². The van der Waals surface area contributed by atoms with Crippen molar-refractivity contribution >= 4 is 0 Å². The zero-order valence-electron chi connectivity index (χ0n) is 12.9. The number of aryl methyl sites for hydroxylation is 3. The molecule has 110 valence electrons. The number of aromatic nitrogens is 4. The van der Waals surface area contributed by atoms with Crippen molar-refractivity contribution in [3.05, 3.63) is 35.4 Å². The average Bonchev–Trinajstić information content (AvgIpc) is 3.10. The van der Waals surface area contributed by atoms with Crippen molar-refractivity contribution in [3.63, 3.8) is 0 Å². The first-order valence-electron chi connectivity index (χ1n) is 7.46. The zero-order valence-corrected chi connectivity index (χ0v) is 12.9. The van der Waals surface area contributed by atoms with Gasteiger partial charge < -0.3 is 5.32 Å². The van der Waals surface area contributed by atoms with Gasteiger partial charge in [-0.3, -0.25) is 9.36 Å². The van der Waals surface area contributed by atoms with E-state index in [2.05, 4.69) is 53.2 Å². The summed E-state index contributed by atoms with van der Waals surface area (Å²) in [5, 5.41) is 12.4. The molecule has 0 aliphatic carbocycles. The molecule has 0 saturated heterocycles. The van der Waals surface area contributed by atoms with Crippen LogP contribution in [0, 0.1) is 0 Å². The Morgan fingerprint density at radius 3 is 2.60 bits per heavy atom. The molecule has 0 fully saturated rings. The number of hydrogen-bond acceptors (Lipinski definition) is 3. The molecule has 2 heterocycles. The van der Waals surface area contributed by atoms with Crippen molar-refractivity contribution in [1.29, 1.82) is 0 Å². The van der Waals surface area contributed by atoms with Gasteiger partial charge in [-0.05, 0) is 45.4 Å². The van der Waals surface area contributed by atoms with E-state index in [4.69, 9.17) is 0 Å². The van der Waals surface area contributed by atoms with Gasteiger partial charge in [0.15, 0.2) is 0 Å². The van der Waals surface area contributed by atoms with Crippen LogP contribution in [0.25, 0.3) is 0 Å². The van der Waals surface area contributed by atoms with Crippen molar-refractivity contribution in [3.8, 4) is 0 Å². The summed E-state index contributed by atoms with van der Waals surface area (Å²) in [5.41, 5.74) is 3.68. The third-order valence-corrected chi connectivity index (χ3v) is 3.68. The quantitative estimate of drug-likeness (QED) is 0.842. The second-order valence-electron chi connectivity index (χ2n) is 4.98. The fourth-order valence-electron chi connectivity index (χ4n) is 2.47. The molecule has 2 aromatic heterocycles. The maximum Gasteiger partial charge on any atom is 0.0625 e. The Bertz CT molecular complexity index is 540. The van der Waals surface area contributed by atoms with E-state index in [-0.39, 0.29) is 6.04 Å². The normalized spacial score (nSPS) is 12.8. The van der Waals surface area contributed by atoms with Crippen LogP contribution in [0.3, 0.4) is 0 Å². The molecule has 0 aliphatic heterocycles. The van der Waals surface area contributed by atoms with Gasteiger partial charge in [-0.2, -0.15) is 10.2 Å². The minimum absolute atomic E-state index is 0.275. The van der Waals surface area contributed by atoms with Crippen LogP contribution in [-0.2, 0) is 25.9 Å². The molecule has 1 N–H and O–H groups in total. The first kappa shape index (κ1) is 14.8. The summed E-state index contributed by atoms with van der Waals surface area (Å²) in [6.07, 6.45) is 5.99. The number of likely N-dealkylation sites (N-methyl/N-ethyl adjacent to an activating group) is 1. The van der Waals surface area contributed by atoms with E-state index < -0.39 is 0 Å². The largest absolute Gasteiger partial charge is 0.311 e. The van der Waals surface area contributed by atoms with E-state index in [9.17, 15) is 0 Å². The fraction of sp³-hybridized carbons (Fsp3) is 0.600. The summed E-state index contributed by atoms with van der Waals surface area (Å²) < 4.78 is 4.07. The zero-order chi connectivity index (χ0) is 14.5. The molecule has 20 heavy (non-hydrogen) atoms. The minimum atomic E-state index is 0.275. The maximum absolute atomic E-state index is 4.63.